The van der Waals surface area contributed by atoms with Crippen molar-refractivity contribution in [2.24, 2.45) is 0 Å². The molecule has 0 spiro atoms. The molecule has 1 fully saturated rings. The molecule has 1 aromatic heterocycles. The van der Waals surface area contributed by atoms with E-state index in [-0.39, 0.29) is 6.04 Å². The van der Waals surface area contributed by atoms with E-state index in [1.165, 1.54) is 6.20 Å². The van der Waals surface area contributed by atoms with Crippen LogP contribution in [0.15, 0.2) is 23.4 Å². The van der Waals surface area contributed by atoms with E-state index in [4.69, 9.17) is 0 Å². The third-order valence-corrected chi connectivity index (χ3v) is 3.98. The van der Waals surface area contributed by atoms with Crippen molar-refractivity contribution >= 4 is 10.0 Å². The number of sulfonamides is 1. The maximum atomic E-state index is 11.7. The van der Waals surface area contributed by atoms with Crippen molar-refractivity contribution in [2.45, 2.75) is 23.8 Å². The van der Waals surface area contributed by atoms with Crippen molar-refractivity contribution in [3.8, 4) is 0 Å². The third-order valence-electron chi connectivity index (χ3n) is 2.56. The standard InChI is InChI=1S/C9H15N3O2S/c13-15(14,9-3-5-10-7-9)12-6-8-2-1-4-11-8/h3,5,7-8,10-12H,1-2,4,6H2. The summed E-state index contributed by atoms with van der Waals surface area (Å²) in [4.78, 5) is 3.02. The summed E-state index contributed by atoms with van der Waals surface area (Å²) in [6, 6.07) is 1.82. The van der Waals surface area contributed by atoms with Crippen LogP contribution < -0.4 is 10.0 Å². The molecule has 1 saturated heterocycles. The third kappa shape index (κ3) is 2.58. The molecule has 15 heavy (non-hydrogen) atoms. The molecule has 0 aromatic carbocycles. The van der Waals surface area contributed by atoms with E-state index in [9.17, 15) is 8.42 Å². The zero-order valence-electron chi connectivity index (χ0n) is 8.36. The monoisotopic (exact) mass is 229 g/mol. The number of H-pyrrole nitrogens is 1. The fraction of sp³-hybridized carbons (Fsp3) is 0.556. The van der Waals surface area contributed by atoms with Gasteiger partial charge in [-0.15, -0.1) is 0 Å². The lowest BCUT2D eigenvalue weighted by Crippen LogP contribution is -2.37. The van der Waals surface area contributed by atoms with Gasteiger partial charge in [-0.2, -0.15) is 0 Å². The number of hydrogen-bond donors (Lipinski definition) is 3. The van der Waals surface area contributed by atoms with Crippen molar-refractivity contribution in [1.82, 2.24) is 15.0 Å². The quantitative estimate of drug-likeness (QED) is 0.682. The maximum Gasteiger partial charge on any atom is 0.242 e. The molecule has 1 atom stereocenters. The van der Waals surface area contributed by atoms with Crippen LogP contribution in [0.25, 0.3) is 0 Å². The van der Waals surface area contributed by atoms with Gasteiger partial charge >= 0.3 is 0 Å². The SMILES string of the molecule is O=S(=O)(NCC1CCCN1)c1cc[nH]c1. The summed E-state index contributed by atoms with van der Waals surface area (Å²) in [7, 11) is -3.33. The lowest BCUT2D eigenvalue weighted by molar-refractivity contribution is 0.552. The first-order valence-corrected chi connectivity index (χ1v) is 6.53. The van der Waals surface area contributed by atoms with E-state index in [0.29, 0.717) is 11.4 Å². The highest BCUT2D eigenvalue weighted by Gasteiger charge is 2.19. The molecule has 0 saturated carbocycles. The topological polar surface area (TPSA) is 74.0 Å². The van der Waals surface area contributed by atoms with Crippen LogP contribution in [0.5, 0.6) is 0 Å². The zero-order chi connectivity index (χ0) is 10.7. The van der Waals surface area contributed by atoms with Crippen LogP contribution in [-0.4, -0.2) is 32.5 Å². The fourth-order valence-electron chi connectivity index (χ4n) is 1.70. The van der Waals surface area contributed by atoms with Crippen molar-refractivity contribution < 1.29 is 8.42 Å². The van der Waals surface area contributed by atoms with Gasteiger partial charge in [-0.3, -0.25) is 0 Å². The Hall–Kier alpha value is -0.850. The fourth-order valence-corrected chi connectivity index (χ4v) is 2.76. The van der Waals surface area contributed by atoms with Crippen molar-refractivity contribution in [2.75, 3.05) is 13.1 Å². The minimum absolute atomic E-state index is 0.277. The van der Waals surface area contributed by atoms with Crippen LogP contribution in [-0.2, 0) is 10.0 Å². The largest absolute Gasteiger partial charge is 0.366 e. The van der Waals surface area contributed by atoms with Crippen LogP contribution in [0, 0.1) is 0 Å². The van der Waals surface area contributed by atoms with Crippen LogP contribution in [0.2, 0.25) is 0 Å². The number of aromatic amines is 1. The Balaban J connectivity index is 1.93. The van der Waals surface area contributed by atoms with E-state index in [2.05, 4.69) is 15.0 Å². The highest BCUT2D eigenvalue weighted by atomic mass is 32.2. The first kappa shape index (κ1) is 10.7. The predicted octanol–water partition coefficient (Wildman–Crippen LogP) is 0.0450. The highest BCUT2D eigenvalue weighted by Crippen LogP contribution is 2.08. The van der Waals surface area contributed by atoms with E-state index >= 15 is 0 Å². The first-order valence-electron chi connectivity index (χ1n) is 5.04. The number of nitrogens with one attached hydrogen (secondary N) is 3. The Morgan fingerprint density at radius 1 is 1.53 bits per heavy atom. The summed E-state index contributed by atoms with van der Waals surface area (Å²) in [6.07, 6.45) is 5.24. The molecule has 6 heteroatoms. The predicted molar refractivity (Wildman–Crippen MR) is 57.0 cm³/mol. The molecule has 1 aromatic rings. The maximum absolute atomic E-state index is 11.7. The van der Waals surface area contributed by atoms with E-state index in [0.717, 1.165) is 19.4 Å². The van der Waals surface area contributed by atoms with Gasteiger partial charge in [-0.1, -0.05) is 0 Å². The molecule has 1 aliphatic rings. The van der Waals surface area contributed by atoms with Crippen molar-refractivity contribution in [3.05, 3.63) is 18.5 Å². The van der Waals surface area contributed by atoms with Gasteiger partial charge in [0.25, 0.3) is 0 Å². The van der Waals surface area contributed by atoms with Gasteiger partial charge in [-0.25, -0.2) is 13.1 Å². The summed E-state index contributed by atoms with van der Waals surface area (Å²) in [6.45, 7) is 1.45. The molecule has 0 amide bonds. The molecule has 0 aliphatic carbocycles. The summed E-state index contributed by atoms with van der Waals surface area (Å²) in [5.41, 5.74) is 0. The van der Waals surface area contributed by atoms with Gasteiger partial charge in [0.2, 0.25) is 10.0 Å². The summed E-state index contributed by atoms with van der Waals surface area (Å²) >= 11 is 0. The number of hydrogen-bond acceptors (Lipinski definition) is 3. The van der Waals surface area contributed by atoms with Crippen molar-refractivity contribution in [1.29, 1.82) is 0 Å². The van der Waals surface area contributed by atoms with E-state index in [1.807, 2.05) is 0 Å². The molecule has 0 radical (unpaired) electrons. The molecule has 1 aliphatic heterocycles. The second kappa shape index (κ2) is 4.34. The lowest BCUT2D eigenvalue weighted by Gasteiger charge is -2.10. The smallest absolute Gasteiger partial charge is 0.242 e. The molecule has 0 bridgehead atoms. The second-order valence-corrected chi connectivity index (χ2v) is 5.46. The molecule has 84 valence electrons. The highest BCUT2D eigenvalue weighted by molar-refractivity contribution is 7.89. The summed E-state index contributed by atoms with van der Waals surface area (Å²) < 4.78 is 26.0. The minimum atomic E-state index is -3.33. The molecule has 1 unspecified atom stereocenters. The molecule has 3 N–H and O–H groups in total. The average molecular weight is 229 g/mol. The molecule has 5 nitrogen and oxygen atoms in total. The zero-order valence-corrected chi connectivity index (χ0v) is 9.18. The van der Waals surface area contributed by atoms with E-state index < -0.39 is 10.0 Å². The molecule has 2 rings (SSSR count). The van der Waals surface area contributed by atoms with Crippen molar-refractivity contribution in [3.63, 3.8) is 0 Å². The van der Waals surface area contributed by atoms with Crippen LogP contribution >= 0.6 is 0 Å². The Morgan fingerprint density at radius 2 is 2.40 bits per heavy atom. The van der Waals surface area contributed by atoms with Crippen LogP contribution in [0.1, 0.15) is 12.8 Å². The average Bonchev–Trinajstić information content (AvgIpc) is 2.88. The number of rotatable bonds is 4. The normalized spacial score (nSPS) is 22.0. The van der Waals surface area contributed by atoms with Gasteiger partial charge in [0.15, 0.2) is 0 Å². The molecular formula is C9H15N3O2S. The van der Waals surface area contributed by atoms with Crippen LogP contribution in [0.4, 0.5) is 0 Å². The van der Waals surface area contributed by atoms with Gasteiger partial charge in [0.05, 0.1) is 4.90 Å². The van der Waals surface area contributed by atoms with Gasteiger partial charge in [0.1, 0.15) is 0 Å². The Morgan fingerprint density at radius 3 is 3.00 bits per heavy atom. The summed E-state index contributed by atoms with van der Waals surface area (Å²) in [5, 5.41) is 3.24. The minimum Gasteiger partial charge on any atom is -0.366 e. The second-order valence-electron chi connectivity index (χ2n) is 3.69. The first-order chi connectivity index (χ1) is 7.18. The van der Waals surface area contributed by atoms with Gasteiger partial charge < -0.3 is 10.3 Å². The Kier molecular flexibility index (Phi) is 3.08. The van der Waals surface area contributed by atoms with Gasteiger partial charge in [-0.05, 0) is 25.5 Å². The van der Waals surface area contributed by atoms with Crippen LogP contribution in [0.3, 0.4) is 0 Å². The van der Waals surface area contributed by atoms with E-state index in [1.54, 1.807) is 12.3 Å². The molecule has 2 heterocycles. The Labute approximate surface area is 89.3 Å². The molecular weight excluding hydrogens is 214 g/mol. The van der Waals surface area contributed by atoms with Gasteiger partial charge in [0, 0.05) is 25.0 Å². The Bertz CT molecular complexity index is 393. The summed E-state index contributed by atoms with van der Waals surface area (Å²) in [5.74, 6) is 0. The lowest BCUT2D eigenvalue weighted by atomic mass is 10.2. The number of aromatic nitrogens is 1.